The molecule has 0 saturated carbocycles. The van der Waals surface area contributed by atoms with Crippen LogP contribution in [0.2, 0.25) is 0 Å². The second-order valence-electron chi connectivity index (χ2n) is 4.65. The minimum atomic E-state index is -0.908. The first-order valence-corrected chi connectivity index (χ1v) is 7.68. The Balaban J connectivity index is 2.27. The van der Waals surface area contributed by atoms with Crippen LogP contribution in [0.25, 0.3) is 0 Å². The molecule has 20 heavy (non-hydrogen) atoms. The van der Waals surface area contributed by atoms with E-state index in [0.717, 1.165) is 43.3 Å². The largest absolute Gasteiger partial charge is 0.481 e. The van der Waals surface area contributed by atoms with E-state index in [1.54, 1.807) is 0 Å². The number of hydrogen-bond acceptors (Lipinski definition) is 5. The minimum absolute atomic E-state index is 0.0365. The molecule has 1 saturated heterocycles. The number of carboxylic acids is 1. The van der Waals surface area contributed by atoms with Crippen molar-refractivity contribution in [2.45, 2.75) is 43.8 Å². The van der Waals surface area contributed by atoms with Gasteiger partial charge in [-0.3, -0.25) is 14.2 Å². The van der Waals surface area contributed by atoms with Crippen molar-refractivity contribution in [3.8, 4) is 0 Å². The van der Waals surface area contributed by atoms with E-state index in [1.165, 1.54) is 0 Å². The average Bonchev–Trinajstić information content (AvgIpc) is 2.80. The van der Waals surface area contributed by atoms with Crippen molar-refractivity contribution >= 4 is 23.6 Å². The number of hydrogen-bond donors (Lipinski definition) is 2. The summed E-state index contributed by atoms with van der Waals surface area (Å²) in [5, 5.41) is 20.3. The lowest BCUT2D eigenvalue weighted by Crippen LogP contribution is -2.38. The van der Waals surface area contributed by atoms with E-state index in [2.05, 4.69) is 15.5 Å². The molecule has 1 atom stereocenters. The number of carboxylic acid groups (broad SMARTS) is 1. The van der Waals surface area contributed by atoms with Crippen molar-refractivity contribution in [1.29, 1.82) is 0 Å². The summed E-state index contributed by atoms with van der Waals surface area (Å²) in [4.78, 5) is 22.7. The Morgan fingerprint density at radius 3 is 3.00 bits per heavy atom. The lowest BCUT2D eigenvalue weighted by molar-refractivity contribution is -0.134. The number of aryl methyl sites for hydroxylation is 1. The third-order valence-electron chi connectivity index (χ3n) is 3.10. The predicted molar refractivity (Wildman–Crippen MR) is 73.7 cm³/mol. The van der Waals surface area contributed by atoms with Crippen LogP contribution >= 0.6 is 11.8 Å². The Kier molecular flexibility index (Phi) is 4.99. The Morgan fingerprint density at radius 2 is 2.35 bits per heavy atom. The molecule has 7 nitrogen and oxygen atoms in total. The summed E-state index contributed by atoms with van der Waals surface area (Å²) < 4.78 is 1.81. The Morgan fingerprint density at radius 1 is 1.55 bits per heavy atom. The average molecular weight is 298 g/mol. The summed E-state index contributed by atoms with van der Waals surface area (Å²) >= 11 is 1.11. The molecule has 1 aromatic heterocycles. The quantitative estimate of drug-likeness (QED) is 0.756. The standard InChI is InChI=1S/C12H18N4O3S/c1-2-4-9-14-15-12(20-7-10(17)18)16(9)8-5-3-6-13-11(8)19/h8H,2-7H2,1H3,(H,13,19)(H,17,18). The lowest BCUT2D eigenvalue weighted by Gasteiger charge is -2.25. The number of carbonyl (C=O) groups is 2. The number of nitrogens with one attached hydrogen (secondary N) is 1. The van der Waals surface area contributed by atoms with Gasteiger partial charge >= 0.3 is 5.97 Å². The molecule has 0 aliphatic carbocycles. The van der Waals surface area contributed by atoms with Crippen molar-refractivity contribution in [2.24, 2.45) is 0 Å². The van der Waals surface area contributed by atoms with Crippen LogP contribution < -0.4 is 5.32 Å². The number of nitrogens with zero attached hydrogens (tertiary/aromatic N) is 3. The van der Waals surface area contributed by atoms with E-state index >= 15 is 0 Å². The highest BCUT2D eigenvalue weighted by Crippen LogP contribution is 2.27. The molecule has 1 fully saturated rings. The first-order chi connectivity index (χ1) is 9.63. The van der Waals surface area contributed by atoms with Crippen molar-refractivity contribution < 1.29 is 14.7 Å². The van der Waals surface area contributed by atoms with Gasteiger partial charge in [0.15, 0.2) is 5.16 Å². The third kappa shape index (κ3) is 3.30. The maximum Gasteiger partial charge on any atom is 0.313 e. The van der Waals surface area contributed by atoms with Crippen molar-refractivity contribution in [3.63, 3.8) is 0 Å². The van der Waals surface area contributed by atoms with Crippen molar-refractivity contribution in [3.05, 3.63) is 5.82 Å². The maximum absolute atomic E-state index is 12.0. The van der Waals surface area contributed by atoms with Gasteiger partial charge in [0.25, 0.3) is 0 Å². The zero-order chi connectivity index (χ0) is 14.5. The van der Waals surface area contributed by atoms with Gasteiger partial charge in [0.05, 0.1) is 5.75 Å². The number of thioether (sulfide) groups is 1. The van der Waals surface area contributed by atoms with E-state index < -0.39 is 5.97 Å². The molecule has 2 rings (SSSR count). The molecular weight excluding hydrogens is 280 g/mol. The van der Waals surface area contributed by atoms with Crippen LogP contribution in [0.15, 0.2) is 5.16 Å². The number of aliphatic carboxylic acids is 1. The zero-order valence-corrected chi connectivity index (χ0v) is 12.2. The SMILES string of the molecule is CCCc1nnc(SCC(=O)O)n1C1CCCNC1=O. The molecule has 0 bridgehead atoms. The van der Waals surface area contributed by atoms with Crippen LogP contribution in [-0.2, 0) is 16.0 Å². The van der Waals surface area contributed by atoms with Crippen LogP contribution in [0.1, 0.15) is 38.1 Å². The third-order valence-corrected chi connectivity index (χ3v) is 4.03. The fourth-order valence-electron chi connectivity index (χ4n) is 2.24. The van der Waals surface area contributed by atoms with Gasteiger partial charge in [-0.1, -0.05) is 18.7 Å². The summed E-state index contributed by atoms with van der Waals surface area (Å²) in [6.07, 6.45) is 3.27. The zero-order valence-electron chi connectivity index (χ0n) is 11.3. The molecule has 110 valence electrons. The Hall–Kier alpha value is -1.57. The van der Waals surface area contributed by atoms with Crippen LogP contribution in [0, 0.1) is 0 Å². The van der Waals surface area contributed by atoms with E-state index in [4.69, 9.17) is 5.11 Å². The first-order valence-electron chi connectivity index (χ1n) is 6.69. The Labute approximate surface area is 121 Å². The summed E-state index contributed by atoms with van der Waals surface area (Å²) in [7, 11) is 0. The minimum Gasteiger partial charge on any atom is -0.481 e. The second-order valence-corrected chi connectivity index (χ2v) is 5.59. The number of rotatable bonds is 6. The van der Waals surface area contributed by atoms with Crippen molar-refractivity contribution in [1.82, 2.24) is 20.1 Å². The lowest BCUT2D eigenvalue weighted by atomic mass is 10.1. The van der Waals surface area contributed by atoms with E-state index in [1.807, 2.05) is 11.5 Å². The fraction of sp³-hybridized carbons (Fsp3) is 0.667. The normalized spacial score (nSPS) is 18.9. The van der Waals surface area contributed by atoms with E-state index in [9.17, 15) is 9.59 Å². The summed E-state index contributed by atoms with van der Waals surface area (Å²) in [6, 6.07) is -0.323. The molecule has 0 spiro atoms. The van der Waals surface area contributed by atoms with Crippen LogP contribution in [0.4, 0.5) is 0 Å². The highest BCUT2D eigenvalue weighted by atomic mass is 32.2. The van der Waals surface area contributed by atoms with Gasteiger partial charge in [-0.2, -0.15) is 0 Å². The number of carbonyl (C=O) groups excluding carboxylic acids is 1. The van der Waals surface area contributed by atoms with E-state index in [-0.39, 0.29) is 17.7 Å². The number of aromatic nitrogens is 3. The number of piperidine rings is 1. The predicted octanol–water partition coefficient (Wildman–Crippen LogP) is 0.858. The molecule has 1 aliphatic heterocycles. The molecule has 2 heterocycles. The molecule has 2 N–H and O–H groups in total. The smallest absolute Gasteiger partial charge is 0.313 e. The van der Waals surface area contributed by atoms with Gasteiger partial charge < -0.3 is 10.4 Å². The maximum atomic E-state index is 12.0. The summed E-state index contributed by atoms with van der Waals surface area (Å²) in [6.45, 7) is 2.72. The van der Waals surface area contributed by atoms with Crippen LogP contribution in [0.5, 0.6) is 0 Å². The molecule has 8 heteroatoms. The van der Waals surface area contributed by atoms with E-state index in [0.29, 0.717) is 11.7 Å². The summed E-state index contributed by atoms with van der Waals surface area (Å²) in [5.41, 5.74) is 0. The topological polar surface area (TPSA) is 97.1 Å². The molecule has 1 aromatic rings. The fourth-order valence-corrected chi connectivity index (χ4v) is 2.96. The second kappa shape index (κ2) is 6.74. The van der Waals surface area contributed by atoms with Gasteiger partial charge in [-0.15, -0.1) is 10.2 Å². The molecule has 0 aromatic carbocycles. The van der Waals surface area contributed by atoms with Gasteiger partial charge in [-0.05, 0) is 19.3 Å². The van der Waals surface area contributed by atoms with Crippen LogP contribution in [0.3, 0.4) is 0 Å². The highest BCUT2D eigenvalue weighted by molar-refractivity contribution is 7.99. The molecule has 0 radical (unpaired) electrons. The van der Waals surface area contributed by atoms with Gasteiger partial charge in [-0.25, -0.2) is 0 Å². The monoisotopic (exact) mass is 298 g/mol. The van der Waals surface area contributed by atoms with Gasteiger partial charge in [0.1, 0.15) is 11.9 Å². The highest BCUT2D eigenvalue weighted by Gasteiger charge is 2.28. The van der Waals surface area contributed by atoms with Crippen LogP contribution in [-0.4, -0.2) is 44.0 Å². The Bertz CT molecular complexity index is 503. The number of amides is 1. The van der Waals surface area contributed by atoms with Crippen molar-refractivity contribution in [2.75, 3.05) is 12.3 Å². The first kappa shape index (κ1) is 14.8. The molecule has 1 aliphatic rings. The van der Waals surface area contributed by atoms with Gasteiger partial charge in [0, 0.05) is 13.0 Å². The molecular formula is C12H18N4O3S. The summed E-state index contributed by atoms with van der Waals surface area (Å²) in [5.74, 6) is -0.277. The molecule has 1 unspecified atom stereocenters. The molecule has 1 amide bonds. The van der Waals surface area contributed by atoms with Gasteiger partial charge in [0.2, 0.25) is 5.91 Å².